The maximum Gasteiger partial charge on any atom is 0.418 e. The van der Waals surface area contributed by atoms with Gasteiger partial charge in [0.25, 0.3) is 0 Å². The number of halogens is 3. The van der Waals surface area contributed by atoms with Crippen molar-refractivity contribution >= 4 is 17.5 Å². The highest BCUT2D eigenvalue weighted by atomic mass is 19.4. The first-order valence-corrected chi connectivity index (χ1v) is 6.91. The lowest BCUT2D eigenvalue weighted by Gasteiger charge is -2.36. The van der Waals surface area contributed by atoms with Crippen LogP contribution in [0.2, 0.25) is 0 Å². The third-order valence-electron chi connectivity index (χ3n) is 4.56. The fraction of sp³-hybridized carbons (Fsp3) is 0.500. The van der Waals surface area contributed by atoms with Crippen LogP contribution in [0.15, 0.2) is 12.1 Å². The number of hydrogen-bond donors (Lipinski definition) is 2. The first kappa shape index (κ1) is 14.8. The molecule has 1 fully saturated rings. The van der Waals surface area contributed by atoms with Gasteiger partial charge in [-0.05, 0) is 24.1 Å². The SMILES string of the molecule is CN1c2c(cc(N)cc2C(F)(F)F)C2CN(C(=O)O)CCC21. The van der Waals surface area contributed by atoms with Crippen LogP contribution < -0.4 is 10.6 Å². The third-order valence-corrected chi connectivity index (χ3v) is 4.56. The van der Waals surface area contributed by atoms with Gasteiger partial charge >= 0.3 is 12.3 Å². The summed E-state index contributed by atoms with van der Waals surface area (Å²) in [7, 11) is 1.63. The smallest absolute Gasteiger partial charge is 0.418 e. The summed E-state index contributed by atoms with van der Waals surface area (Å²) in [6.45, 7) is 0.518. The number of benzene rings is 1. The molecule has 0 saturated carbocycles. The minimum atomic E-state index is -4.49. The van der Waals surface area contributed by atoms with Crippen molar-refractivity contribution in [1.29, 1.82) is 0 Å². The van der Waals surface area contributed by atoms with E-state index in [0.717, 1.165) is 6.07 Å². The average molecular weight is 315 g/mol. The Morgan fingerprint density at radius 2 is 2.09 bits per heavy atom. The number of carboxylic acid groups (broad SMARTS) is 1. The Balaban J connectivity index is 2.10. The van der Waals surface area contributed by atoms with Crippen LogP contribution in [-0.4, -0.2) is 42.3 Å². The summed E-state index contributed by atoms with van der Waals surface area (Å²) in [5.41, 5.74) is 5.56. The maximum atomic E-state index is 13.3. The van der Waals surface area contributed by atoms with Crippen LogP contribution in [0.3, 0.4) is 0 Å². The van der Waals surface area contributed by atoms with Gasteiger partial charge in [-0.25, -0.2) is 4.79 Å². The molecule has 2 unspecified atom stereocenters. The fourth-order valence-electron chi connectivity index (χ4n) is 3.62. The van der Waals surface area contributed by atoms with E-state index in [1.165, 1.54) is 11.0 Å². The molecular formula is C14H16F3N3O2. The molecule has 0 spiro atoms. The number of nitrogen functional groups attached to an aromatic ring is 1. The lowest BCUT2D eigenvalue weighted by molar-refractivity contribution is -0.137. The lowest BCUT2D eigenvalue weighted by Crippen LogP contribution is -2.46. The number of nitrogens with two attached hydrogens (primary N) is 1. The molecule has 2 atom stereocenters. The highest BCUT2D eigenvalue weighted by Gasteiger charge is 2.46. The second kappa shape index (κ2) is 4.69. The van der Waals surface area contributed by atoms with E-state index in [9.17, 15) is 18.0 Å². The normalized spacial score (nSPS) is 24.2. The zero-order valence-corrected chi connectivity index (χ0v) is 11.9. The number of likely N-dealkylation sites (N-methyl/N-ethyl adjacent to an activating group) is 1. The van der Waals surface area contributed by atoms with Crippen LogP contribution in [-0.2, 0) is 6.18 Å². The first-order chi connectivity index (χ1) is 10.2. The average Bonchev–Trinajstić information content (AvgIpc) is 2.70. The molecule has 2 aliphatic rings. The van der Waals surface area contributed by atoms with Gasteiger partial charge in [-0.1, -0.05) is 0 Å². The van der Waals surface area contributed by atoms with Gasteiger partial charge in [0, 0.05) is 37.8 Å². The Bertz CT molecular complexity index is 632. The number of piperidine rings is 1. The van der Waals surface area contributed by atoms with Gasteiger partial charge in [0.2, 0.25) is 0 Å². The monoisotopic (exact) mass is 315 g/mol. The summed E-state index contributed by atoms with van der Waals surface area (Å²) in [6.07, 6.45) is -5.04. The second-order valence-corrected chi connectivity index (χ2v) is 5.81. The molecule has 0 aliphatic carbocycles. The maximum absolute atomic E-state index is 13.3. The van der Waals surface area contributed by atoms with Crippen molar-refractivity contribution in [3.63, 3.8) is 0 Å². The summed E-state index contributed by atoms with van der Waals surface area (Å²) in [5.74, 6) is -0.283. The van der Waals surface area contributed by atoms with Crippen LogP contribution in [0.5, 0.6) is 0 Å². The Kier molecular flexibility index (Phi) is 3.15. The predicted molar refractivity (Wildman–Crippen MR) is 75.0 cm³/mol. The minimum Gasteiger partial charge on any atom is -0.465 e. The van der Waals surface area contributed by atoms with Crippen molar-refractivity contribution in [3.8, 4) is 0 Å². The molecule has 120 valence electrons. The fourth-order valence-corrected chi connectivity index (χ4v) is 3.62. The number of hydrogen-bond acceptors (Lipinski definition) is 3. The summed E-state index contributed by atoms with van der Waals surface area (Å²) < 4.78 is 39.9. The van der Waals surface area contributed by atoms with Crippen LogP contribution in [0, 0.1) is 0 Å². The lowest BCUT2D eigenvalue weighted by atomic mass is 9.88. The number of rotatable bonds is 0. The number of anilines is 2. The molecule has 1 aromatic carbocycles. The van der Waals surface area contributed by atoms with Gasteiger partial charge in [0.15, 0.2) is 0 Å². The molecule has 1 aromatic rings. The van der Waals surface area contributed by atoms with E-state index in [1.807, 2.05) is 0 Å². The molecule has 22 heavy (non-hydrogen) atoms. The summed E-state index contributed by atoms with van der Waals surface area (Å²) in [4.78, 5) is 14.0. The molecule has 0 bridgehead atoms. The molecule has 2 aliphatic heterocycles. The number of nitrogens with zero attached hydrogens (tertiary/aromatic N) is 2. The zero-order valence-electron chi connectivity index (χ0n) is 11.9. The van der Waals surface area contributed by atoms with E-state index in [1.54, 1.807) is 11.9 Å². The van der Waals surface area contributed by atoms with Crippen molar-refractivity contribution in [2.24, 2.45) is 0 Å². The van der Waals surface area contributed by atoms with Gasteiger partial charge in [0.05, 0.1) is 11.3 Å². The van der Waals surface area contributed by atoms with Crippen molar-refractivity contribution in [1.82, 2.24) is 4.90 Å². The molecule has 0 radical (unpaired) electrons. The standard InChI is InChI=1S/C14H16F3N3O2/c1-19-11-2-3-20(13(21)22)6-9(11)8-4-7(18)5-10(12(8)19)14(15,16)17/h4-5,9,11H,2-3,6,18H2,1H3,(H,21,22). The van der Waals surface area contributed by atoms with E-state index in [4.69, 9.17) is 10.8 Å². The minimum absolute atomic E-state index is 0.0487. The van der Waals surface area contributed by atoms with E-state index >= 15 is 0 Å². The Morgan fingerprint density at radius 1 is 1.41 bits per heavy atom. The number of alkyl halides is 3. The van der Waals surface area contributed by atoms with E-state index < -0.39 is 17.8 Å². The second-order valence-electron chi connectivity index (χ2n) is 5.81. The Morgan fingerprint density at radius 3 is 2.68 bits per heavy atom. The van der Waals surface area contributed by atoms with Crippen molar-refractivity contribution in [2.45, 2.75) is 24.6 Å². The van der Waals surface area contributed by atoms with Crippen LogP contribution in [0.1, 0.15) is 23.5 Å². The molecule has 3 rings (SSSR count). The topological polar surface area (TPSA) is 69.8 Å². The molecular weight excluding hydrogens is 299 g/mol. The molecule has 3 N–H and O–H groups in total. The Hall–Kier alpha value is -2.12. The number of carbonyl (C=O) groups is 1. The van der Waals surface area contributed by atoms with Crippen LogP contribution >= 0.6 is 0 Å². The van der Waals surface area contributed by atoms with Crippen molar-refractivity contribution in [2.75, 3.05) is 30.8 Å². The third kappa shape index (κ3) is 2.13. The first-order valence-electron chi connectivity index (χ1n) is 6.91. The predicted octanol–water partition coefficient (Wildman–Crippen LogP) is 2.57. The number of likely N-dealkylation sites (tertiary alicyclic amines) is 1. The number of fused-ring (bicyclic) bond motifs is 3. The molecule has 1 saturated heterocycles. The van der Waals surface area contributed by atoms with Gasteiger partial charge in [-0.15, -0.1) is 0 Å². The van der Waals surface area contributed by atoms with Gasteiger partial charge < -0.3 is 20.6 Å². The highest BCUT2D eigenvalue weighted by molar-refractivity contribution is 5.72. The summed E-state index contributed by atoms with van der Waals surface area (Å²) in [5, 5.41) is 9.12. The van der Waals surface area contributed by atoms with Crippen LogP contribution in [0.4, 0.5) is 29.3 Å². The largest absolute Gasteiger partial charge is 0.465 e. The number of amides is 1. The summed E-state index contributed by atoms with van der Waals surface area (Å²) >= 11 is 0. The van der Waals surface area contributed by atoms with Gasteiger partial charge in [0.1, 0.15) is 0 Å². The van der Waals surface area contributed by atoms with Crippen molar-refractivity contribution < 1.29 is 23.1 Å². The van der Waals surface area contributed by atoms with Gasteiger partial charge in [-0.2, -0.15) is 13.2 Å². The van der Waals surface area contributed by atoms with E-state index in [0.29, 0.717) is 18.5 Å². The molecule has 1 amide bonds. The zero-order chi connectivity index (χ0) is 16.2. The van der Waals surface area contributed by atoms with E-state index in [-0.39, 0.29) is 29.9 Å². The quantitative estimate of drug-likeness (QED) is 0.722. The molecule has 8 heteroatoms. The van der Waals surface area contributed by atoms with E-state index in [2.05, 4.69) is 0 Å². The summed E-state index contributed by atoms with van der Waals surface area (Å²) in [6, 6.07) is 2.35. The van der Waals surface area contributed by atoms with Crippen molar-refractivity contribution in [3.05, 3.63) is 23.3 Å². The van der Waals surface area contributed by atoms with Crippen LogP contribution in [0.25, 0.3) is 0 Å². The Labute approximate surface area is 125 Å². The highest BCUT2D eigenvalue weighted by Crippen LogP contribution is 2.50. The molecule has 0 aromatic heterocycles. The van der Waals surface area contributed by atoms with Gasteiger partial charge in [-0.3, -0.25) is 0 Å². The molecule has 5 nitrogen and oxygen atoms in total. The molecule has 2 heterocycles.